The Morgan fingerprint density at radius 3 is 2.68 bits per heavy atom. The van der Waals surface area contributed by atoms with E-state index >= 15 is 0 Å². The van der Waals surface area contributed by atoms with Crippen molar-refractivity contribution in [2.75, 3.05) is 0 Å². The minimum absolute atomic E-state index is 0. The van der Waals surface area contributed by atoms with Gasteiger partial charge in [-0.05, 0) is 25.0 Å². The van der Waals surface area contributed by atoms with E-state index in [1.807, 2.05) is 24.1 Å². The number of nitrogens with zero attached hydrogens (tertiary/aromatic N) is 4. The number of aryl methyl sites for hydroxylation is 3. The van der Waals surface area contributed by atoms with E-state index in [0.29, 0.717) is 0 Å². The van der Waals surface area contributed by atoms with E-state index in [1.54, 1.807) is 0 Å². The Hall–Kier alpha value is -1.33. The maximum absolute atomic E-state index is 4.32. The molecule has 0 aliphatic heterocycles. The predicted molar refractivity (Wildman–Crippen MR) is 78.3 cm³/mol. The summed E-state index contributed by atoms with van der Waals surface area (Å²) in [5.74, 6) is 0. The fourth-order valence-electron chi connectivity index (χ4n) is 2.06. The van der Waals surface area contributed by atoms with Crippen LogP contribution in [0.1, 0.15) is 30.3 Å². The van der Waals surface area contributed by atoms with E-state index in [4.69, 9.17) is 0 Å². The summed E-state index contributed by atoms with van der Waals surface area (Å²) >= 11 is 0. The van der Waals surface area contributed by atoms with Crippen LogP contribution in [0.25, 0.3) is 0 Å². The Labute approximate surface area is 120 Å². The average molecular weight is 284 g/mol. The van der Waals surface area contributed by atoms with E-state index < -0.39 is 0 Å². The molecule has 0 amide bonds. The number of rotatable bonds is 6. The van der Waals surface area contributed by atoms with Gasteiger partial charge in [-0.25, -0.2) is 0 Å². The third kappa shape index (κ3) is 3.81. The van der Waals surface area contributed by atoms with Crippen LogP contribution in [0.15, 0.2) is 18.5 Å². The van der Waals surface area contributed by atoms with Crippen LogP contribution in [0.3, 0.4) is 0 Å². The molecule has 2 rings (SSSR count). The second kappa shape index (κ2) is 7.31. The van der Waals surface area contributed by atoms with Gasteiger partial charge in [0.1, 0.15) is 0 Å². The normalized spacial score (nSPS) is 10.5. The van der Waals surface area contributed by atoms with E-state index in [9.17, 15) is 0 Å². The SMILES string of the molecule is CCCn1nccc1CNCc1c(C)cnn1C.Cl. The summed E-state index contributed by atoms with van der Waals surface area (Å²) in [6.45, 7) is 6.91. The molecule has 2 aromatic heterocycles. The van der Waals surface area contributed by atoms with Crippen molar-refractivity contribution in [3.63, 3.8) is 0 Å². The van der Waals surface area contributed by atoms with Crippen molar-refractivity contribution in [3.05, 3.63) is 35.4 Å². The lowest BCUT2D eigenvalue weighted by atomic mass is 10.2. The molecule has 2 aromatic rings. The van der Waals surface area contributed by atoms with Gasteiger partial charge >= 0.3 is 0 Å². The van der Waals surface area contributed by atoms with Crippen molar-refractivity contribution in [1.29, 1.82) is 0 Å². The first kappa shape index (κ1) is 15.7. The van der Waals surface area contributed by atoms with E-state index in [-0.39, 0.29) is 12.4 Å². The van der Waals surface area contributed by atoms with Gasteiger partial charge in [0.25, 0.3) is 0 Å². The molecule has 0 radical (unpaired) electrons. The van der Waals surface area contributed by atoms with Crippen LogP contribution in [0.5, 0.6) is 0 Å². The zero-order valence-corrected chi connectivity index (χ0v) is 12.6. The largest absolute Gasteiger partial charge is 0.306 e. The fraction of sp³-hybridized carbons (Fsp3) is 0.538. The minimum Gasteiger partial charge on any atom is -0.306 e. The van der Waals surface area contributed by atoms with Crippen LogP contribution in [0, 0.1) is 6.92 Å². The van der Waals surface area contributed by atoms with Crippen molar-refractivity contribution in [2.24, 2.45) is 7.05 Å². The summed E-state index contributed by atoms with van der Waals surface area (Å²) in [7, 11) is 1.98. The lowest BCUT2D eigenvalue weighted by molar-refractivity contribution is 0.542. The maximum Gasteiger partial charge on any atom is 0.0547 e. The molecule has 0 bridgehead atoms. The van der Waals surface area contributed by atoms with E-state index in [1.165, 1.54) is 17.0 Å². The van der Waals surface area contributed by atoms with Crippen LogP contribution >= 0.6 is 12.4 Å². The van der Waals surface area contributed by atoms with Crippen LogP contribution in [-0.4, -0.2) is 19.6 Å². The monoisotopic (exact) mass is 283 g/mol. The van der Waals surface area contributed by atoms with Gasteiger partial charge in [0.05, 0.1) is 17.6 Å². The molecule has 0 fully saturated rings. The summed E-state index contributed by atoms with van der Waals surface area (Å²) in [6.07, 6.45) is 4.87. The summed E-state index contributed by atoms with van der Waals surface area (Å²) < 4.78 is 3.98. The average Bonchev–Trinajstić information content (AvgIpc) is 2.91. The van der Waals surface area contributed by atoms with Crippen LogP contribution in [0.4, 0.5) is 0 Å². The molecule has 5 nitrogen and oxygen atoms in total. The maximum atomic E-state index is 4.32. The Kier molecular flexibility index (Phi) is 6.05. The van der Waals surface area contributed by atoms with Crippen molar-refractivity contribution in [2.45, 2.75) is 39.9 Å². The molecule has 19 heavy (non-hydrogen) atoms. The molecule has 6 heteroatoms. The molecule has 0 saturated heterocycles. The molecular weight excluding hydrogens is 262 g/mol. The number of aromatic nitrogens is 4. The van der Waals surface area contributed by atoms with Gasteiger partial charge in [-0.1, -0.05) is 6.92 Å². The van der Waals surface area contributed by atoms with E-state index in [2.05, 4.69) is 40.1 Å². The molecular formula is C13H22ClN5. The lowest BCUT2D eigenvalue weighted by Gasteiger charge is -2.08. The van der Waals surface area contributed by atoms with E-state index in [0.717, 1.165) is 26.1 Å². The highest BCUT2D eigenvalue weighted by molar-refractivity contribution is 5.85. The molecule has 0 aliphatic carbocycles. The molecule has 106 valence electrons. The summed E-state index contributed by atoms with van der Waals surface area (Å²) in [4.78, 5) is 0. The van der Waals surface area contributed by atoms with Crippen molar-refractivity contribution < 1.29 is 0 Å². The van der Waals surface area contributed by atoms with Crippen LogP contribution in [-0.2, 0) is 26.7 Å². The zero-order chi connectivity index (χ0) is 13.0. The first-order chi connectivity index (χ1) is 8.72. The molecule has 0 aliphatic rings. The number of nitrogens with one attached hydrogen (secondary N) is 1. The third-order valence-corrected chi connectivity index (χ3v) is 3.11. The summed E-state index contributed by atoms with van der Waals surface area (Å²) in [6, 6.07) is 2.07. The summed E-state index contributed by atoms with van der Waals surface area (Å²) in [5, 5.41) is 12.0. The van der Waals surface area contributed by atoms with Gasteiger partial charge < -0.3 is 5.32 Å². The van der Waals surface area contributed by atoms with Gasteiger partial charge in [-0.2, -0.15) is 10.2 Å². The molecule has 2 heterocycles. The highest BCUT2D eigenvalue weighted by Crippen LogP contribution is 2.06. The topological polar surface area (TPSA) is 47.7 Å². The van der Waals surface area contributed by atoms with Crippen molar-refractivity contribution >= 4 is 12.4 Å². The first-order valence-corrected chi connectivity index (χ1v) is 6.41. The lowest BCUT2D eigenvalue weighted by Crippen LogP contribution is -2.18. The van der Waals surface area contributed by atoms with Crippen LogP contribution < -0.4 is 5.32 Å². The molecule has 0 unspecified atom stereocenters. The zero-order valence-electron chi connectivity index (χ0n) is 11.8. The fourth-order valence-corrected chi connectivity index (χ4v) is 2.06. The van der Waals surface area contributed by atoms with Gasteiger partial charge in [-0.3, -0.25) is 9.36 Å². The highest BCUT2D eigenvalue weighted by Gasteiger charge is 2.05. The second-order valence-corrected chi connectivity index (χ2v) is 4.55. The Balaban J connectivity index is 0.00000180. The molecule has 1 N–H and O–H groups in total. The van der Waals surface area contributed by atoms with Crippen molar-refractivity contribution in [3.8, 4) is 0 Å². The molecule has 0 atom stereocenters. The quantitative estimate of drug-likeness (QED) is 0.883. The van der Waals surface area contributed by atoms with Gasteiger partial charge in [0.2, 0.25) is 0 Å². The van der Waals surface area contributed by atoms with Gasteiger partial charge in [0.15, 0.2) is 0 Å². The second-order valence-electron chi connectivity index (χ2n) is 4.55. The number of hydrogen-bond donors (Lipinski definition) is 1. The minimum atomic E-state index is 0. The van der Waals surface area contributed by atoms with Crippen LogP contribution in [0.2, 0.25) is 0 Å². The third-order valence-electron chi connectivity index (χ3n) is 3.11. The molecule has 0 spiro atoms. The highest BCUT2D eigenvalue weighted by atomic mass is 35.5. The van der Waals surface area contributed by atoms with Gasteiger partial charge in [-0.15, -0.1) is 12.4 Å². The Morgan fingerprint density at radius 2 is 2.05 bits per heavy atom. The smallest absolute Gasteiger partial charge is 0.0547 e. The number of hydrogen-bond acceptors (Lipinski definition) is 3. The first-order valence-electron chi connectivity index (χ1n) is 6.41. The van der Waals surface area contributed by atoms with Crippen molar-refractivity contribution in [1.82, 2.24) is 24.9 Å². The Bertz CT molecular complexity index is 483. The predicted octanol–water partition coefficient (Wildman–Crippen LogP) is 2.05. The van der Waals surface area contributed by atoms with Gasteiger partial charge in [0, 0.05) is 32.9 Å². The Morgan fingerprint density at radius 1 is 1.26 bits per heavy atom. The number of halogens is 1. The standard InChI is InChI=1S/C13H21N5.ClH/c1-4-7-18-12(5-6-15-18)9-14-10-13-11(2)8-16-17(13)3;/h5-6,8,14H,4,7,9-10H2,1-3H3;1H. The molecule has 0 aromatic carbocycles. The molecule has 0 saturated carbocycles. The summed E-state index contributed by atoms with van der Waals surface area (Å²) in [5.41, 5.74) is 3.69.